The summed E-state index contributed by atoms with van der Waals surface area (Å²) in [5.74, 6) is 0.908. The summed E-state index contributed by atoms with van der Waals surface area (Å²) in [6, 6.07) is 5.95. The Labute approximate surface area is 111 Å². The summed E-state index contributed by atoms with van der Waals surface area (Å²) < 4.78 is 10.6. The number of hydrogen-bond donors (Lipinski definition) is 1. The predicted octanol–water partition coefficient (Wildman–Crippen LogP) is 1.57. The van der Waals surface area contributed by atoms with Gasteiger partial charge in [0.25, 0.3) is 0 Å². The molecule has 1 aromatic rings. The van der Waals surface area contributed by atoms with Crippen LogP contribution >= 0.6 is 0 Å². The van der Waals surface area contributed by atoms with Crippen molar-refractivity contribution in [1.29, 1.82) is 0 Å². The zero-order valence-corrected chi connectivity index (χ0v) is 10.8. The number of carboxylic acid groups (broad SMARTS) is 1. The number of rotatable bonds is 4. The molecule has 0 bridgehead atoms. The zero-order valence-electron chi connectivity index (χ0n) is 10.8. The number of benzene rings is 1. The predicted molar refractivity (Wildman–Crippen MR) is 68.1 cm³/mol. The Hall–Kier alpha value is -1.75. The van der Waals surface area contributed by atoms with E-state index in [2.05, 4.69) is 4.90 Å². The van der Waals surface area contributed by atoms with Gasteiger partial charge < -0.3 is 14.6 Å². The normalized spacial score (nSPS) is 20.1. The van der Waals surface area contributed by atoms with Crippen molar-refractivity contribution in [3.8, 4) is 11.5 Å². The van der Waals surface area contributed by atoms with Crippen LogP contribution < -0.4 is 9.47 Å². The third-order valence-electron chi connectivity index (χ3n) is 3.93. The second kappa shape index (κ2) is 4.74. The van der Waals surface area contributed by atoms with Crippen LogP contribution in [0.25, 0.3) is 0 Å². The summed E-state index contributed by atoms with van der Waals surface area (Å²) in [6.45, 7) is 4.61. The van der Waals surface area contributed by atoms with Gasteiger partial charge in [-0.1, -0.05) is 13.0 Å². The molecule has 0 amide bonds. The molecule has 2 heterocycles. The van der Waals surface area contributed by atoms with E-state index in [0.717, 1.165) is 31.1 Å². The summed E-state index contributed by atoms with van der Waals surface area (Å²) in [6.07, 6.45) is 0. The SMILES string of the molecule is CC(C(=O)O)C1CN(Cc2ccc3c(c2)OCO3)C1. The van der Waals surface area contributed by atoms with E-state index in [1.165, 1.54) is 5.56 Å². The van der Waals surface area contributed by atoms with Crippen molar-refractivity contribution in [2.24, 2.45) is 11.8 Å². The van der Waals surface area contributed by atoms with Crippen molar-refractivity contribution in [3.63, 3.8) is 0 Å². The van der Waals surface area contributed by atoms with Crippen molar-refractivity contribution < 1.29 is 19.4 Å². The molecule has 0 aliphatic carbocycles. The number of fused-ring (bicyclic) bond motifs is 1. The van der Waals surface area contributed by atoms with E-state index in [9.17, 15) is 4.79 Å². The van der Waals surface area contributed by atoms with Gasteiger partial charge in [0.15, 0.2) is 11.5 Å². The monoisotopic (exact) mass is 263 g/mol. The molecule has 2 aliphatic heterocycles. The van der Waals surface area contributed by atoms with Crippen LogP contribution in [0.3, 0.4) is 0 Å². The lowest BCUT2D eigenvalue weighted by Gasteiger charge is -2.41. The molecule has 5 heteroatoms. The molecule has 0 aromatic heterocycles. The van der Waals surface area contributed by atoms with Crippen LogP contribution in [0.1, 0.15) is 12.5 Å². The Morgan fingerprint density at radius 1 is 1.42 bits per heavy atom. The molecule has 1 N–H and O–H groups in total. The highest BCUT2D eigenvalue weighted by Gasteiger charge is 2.34. The minimum Gasteiger partial charge on any atom is -0.481 e. The number of aliphatic carboxylic acids is 1. The summed E-state index contributed by atoms with van der Waals surface area (Å²) in [7, 11) is 0. The van der Waals surface area contributed by atoms with E-state index in [4.69, 9.17) is 14.6 Å². The molecule has 5 nitrogen and oxygen atoms in total. The van der Waals surface area contributed by atoms with Crippen LogP contribution in [0.4, 0.5) is 0 Å². The van der Waals surface area contributed by atoms with E-state index >= 15 is 0 Å². The molecule has 0 radical (unpaired) electrons. The molecule has 2 aliphatic rings. The smallest absolute Gasteiger partial charge is 0.306 e. The van der Waals surface area contributed by atoms with Gasteiger partial charge in [-0.25, -0.2) is 0 Å². The average Bonchev–Trinajstić information content (AvgIpc) is 2.79. The lowest BCUT2D eigenvalue weighted by Crippen LogP contribution is -2.50. The molecule has 1 atom stereocenters. The first-order chi connectivity index (χ1) is 9.13. The maximum Gasteiger partial charge on any atom is 0.306 e. The Kier molecular flexibility index (Phi) is 3.06. The Bertz CT molecular complexity index is 496. The molecule has 1 fully saturated rings. The minimum atomic E-state index is -0.701. The lowest BCUT2D eigenvalue weighted by molar-refractivity contribution is -0.145. The largest absolute Gasteiger partial charge is 0.481 e. The highest BCUT2D eigenvalue weighted by molar-refractivity contribution is 5.70. The first kappa shape index (κ1) is 12.3. The van der Waals surface area contributed by atoms with Crippen LogP contribution in [0.15, 0.2) is 18.2 Å². The number of likely N-dealkylation sites (tertiary alicyclic amines) is 1. The third kappa shape index (κ3) is 2.38. The molecule has 1 saturated heterocycles. The Morgan fingerprint density at radius 3 is 2.89 bits per heavy atom. The average molecular weight is 263 g/mol. The fraction of sp³-hybridized carbons (Fsp3) is 0.500. The molecule has 0 saturated carbocycles. The Morgan fingerprint density at radius 2 is 2.16 bits per heavy atom. The minimum absolute atomic E-state index is 0.256. The van der Waals surface area contributed by atoms with Crippen molar-refractivity contribution >= 4 is 5.97 Å². The topological polar surface area (TPSA) is 59.0 Å². The van der Waals surface area contributed by atoms with Gasteiger partial charge in [-0.05, 0) is 23.6 Å². The van der Waals surface area contributed by atoms with Crippen LogP contribution in [0.5, 0.6) is 11.5 Å². The fourth-order valence-electron chi connectivity index (χ4n) is 2.55. The second-order valence-corrected chi connectivity index (χ2v) is 5.27. The fourth-order valence-corrected chi connectivity index (χ4v) is 2.55. The van der Waals surface area contributed by atoms with Gasteiger partial charge in [0.2, 0.25) is 6.79 Å². The molecular formula is C14H17NO4. The molecule has 1 aromatic carbocycles. The van der Waals surface area contributed by atoms with Crippen LogP contribution in [-0.2, 0) is 11.3 Å². The van der Waals surface area contributed by atoms with Gasteiger partial charge in [0.05, 0.1) is 5.92 Å². The quantitative estimate of drug-likeness (QED) is 0.893. The highest BCUT2D eigenvalue weighted by Crippen LogP contribution is 2.33. The number of carboxylic acids is 1. The summed E-state index contributed by atoms with van der Waals surface area (Å²) >= 11 is 0. The maximum absolute atomic E-state index is 10.9. The molecule has 0 spiro atoms. The number of hydrogen-bond acceptors (Lipinski definition) is 4. The second-order valence-electron chi connectivity index (χ2n) is 5.27. The standard InChI is InChI=1S/C14H17NO4/c1-9(14(16)17)11-6-15(7-11)5-10-2-3-12-13(4-10)19-8-18-12/h2-4,9,11H,5-8H2,1H3,(H,16,17). The van der Waals surface area contributed by atoms with E-state index in [-0.39, 0.29) is 11.8 Å². The van der Waals surface area contributed by atoms with Crippen LogP contribution in [0, 0.1) is 11.8 Å². The first-order valence-electron chi connectivity index (χ1n) is 6.47. The summed E-state index contributed by atoms with van der Waals surface area (Å²) in [4.78, 5) is 13.1. The maximum atomic E-state index is 10.9. The lowest BCUT2D eigenvalue weighted by atomic mass is 9.87. The molecular weight excluding hydrogens is 246 g/mol. The Balaban J connectivity index is 1.55. The molecule has 1 unspecified atom stereocenters. The van der Waals surface area contributed by atoms with Crippen molar-refractivity contribution in [1.82, 2.24) is 4.90 Å². The van der Waals surface area contributed by atoms with E-state index in [1.54, 1.807) is 6.92 Å². The number of ether oxygens (including phenoxy) is 2. The molecule has 3 rings (SSSR count). The highest BCUT2D eigenvalue weighted by atomic mass is 16.7. The molecule has 102 valence electrons. The van der Waals surface area contributed by atoms with Gasteiger partial charge in [-0.15, -0.1) is 0 Å². The van der Waals surface area contributed by atoms with Crippen molar-refractivity contribution in [2.75, 3.05) is 19.9 Å². The zero-order chi connectivity index (χ0) is 13.4. The third-order valence-corrected chi connectivity index (χ3v) is 3.93. The molecule has 19 heavy (non-hydrogen) atoms. The first-order valence-corrected chi connectivity index (χ1v) is 6.47. The van der Waals surface area contributed by atoms with Crippen LogP contribution in [0.2, 0.25) is 0 Å². The van der Waals surface area contributed by atoms with Gasteiger partial charge >= 0.3 is 5.97 Å². The van der Waals surface area contributed by atoms with Gasteiger partial charge in [-0.3, -0.25) is 9.69 Å². The van der Waals surface area contributed by atoms with E-state index < -0.39 is 5.97 Å². The van der Waals surface area contributed by atoms with Crippen molar-refractivity contribution in [3.05, 3.63) is 23.8 Å². The van der Waals surface area contributed by atoms with Gasteiger partial charge in [0, 0.05) is 19.6 Å². The summed E-state index contributed by atoms with van der Waals surface area (Å²) in [5, 5.41) is 8.95. The van der Waals surface area contributed by atoms with Gasteiger partial charge in [-0.2, -0.15) is 0 Å². The van der Waals surface area contributed by atoms with Crippen molar-refractivity contribution in [2.45, 2.75) is 13.5 Å². The van der Waals surface area contributed by atoms with Crippen LogP contribution in [-0.4, -0.2) is 35.9 Å². The number of carbonyl (C=O) groups is 1. The van der Waals surface area contributed by atoms with E-state index in [1.807, 2.05) is 18.2 Å². The van der Waals surface area contributed by atoms with E-state index in [0.29, 0.717) is 6.79 Å². The van der Waals surface area contributed by atoms with Gasteiger partial charge in [0.1, 0.15) is 0 Å². The summed E-state index contributed by atoms with van der Waals surface area (Å²) in [5.41, 5.74) is 1.17. The number of nitrogens with zero attached hydrogens (tertiary/aromatic N) is 1.